The van der Waals surface area contributed by atoms with Crippen LogP contribution in [0.3, 0.4) is 0 Å². The van der Waals surface area contributed by atoms with Crippen LogP contribution in [-0.2, 0) is 0 Å². The second kappa shape index (κ2) is 6.35. The third-order valence-electron chi connectivity index (χ3n) is 2.19. The van der Waals surface area contributed by atoms with E-state index in [1.807, 2.05) is 6.92 Å². The van der Waals surface area contributed by atoms with Crippen molar-refractivity contribution in [3.05, 3.63) is 23.9 Å². The van der Waals surface area contributed by atoms with Gasteiger partial charge in [-0.15, -0.1) is 0 Å². The molecule has 1 heterocycles. The van der Waals surface area contributed by atoms with Crippen molar-refractivity contribution in [2.24, 2.45) is 0 Å². The molecule has 1 aromatic heterocycles. The van der Waals surface area contributed by atoms with Crippen LogP contribution in [0.25, 0.3) is 0 Å². The van der Waals surface area contributed by atoms with Crippen molar-refractivity contribution in [2.75, 3.05) is 18.4 Å². The molecule has 0 aliphatic heterocycles. The highest BCUT2D eigenvalue weighted by Gasteiger charge is 2.40. The summed E-state index contributed by atoms with van der Waals surface area (Å²) >= 11 is 0. The Hall–Kier alpha value is -1.86. The molecule has 0 saturated carbocycles. The van der Waals surface area contributed by atoms with Crippen molar-refractivity contribution in [3.63, 3.8) is 0 Å². The molecule has 8 heteroatoms. The van der Waals surface area contributed by atoms with E-state index in [0.29, 0.717) is 12.4 Å². The van der Waals surface area contributed by atoms with Gasteiger partial charge in [-0.3, -0.25) is 4.79 Å². The Balaban J connectivity index is 2.59. The van der Waals surface area contributed by atoms with Crippen LogP contribution in [0.1, 0.15) is 17.3 Å². The van der Waals surface area contributed by atoms with E-state index in [4.69, 9.17) is 0 Å². The number of nitrogens with zero attached hydrogens (tertiary/aromatic N) is 1. The van der Waals surface area contributed by atoms with E-state index in [1.54, 1.807) is 5.32 Å². The van der Waals surface area contributed by atoms with Crippen LogP contribution in [0.2, 0.25) is 0 Å². The predicted molar refractivity (Wildman–Crippen MR) is 61.7 cm³/mol. The monoisotopic (exact) mass is 279 g/mol. The molecule has 0 aromatic carbocycles. The molecule has 1 rings (SSSR count). The van der Waals surface area contributed by atoms with Crippen LogP contribution >= 0.6 is 0 Å². The summed E-state index contributed by atoms with van der Waals surface area (Å²) in [6.07, 6.45) is -2.64. The Morgan fingerprint density at radius 3 is 2.58 bits per heavy atom. The molecular weight excluding hydrogens is 266 g/mol. The van der Waals surface area contributed by atoms with Gasteiger partial charge in [-0.1, -0.05) is 0 Å². The lowest BCUT2D eigenvalue weighted by molar-refractivity contribution is -0.123. The molecule has 0 aliphatic rings. The molecule has 1 aromatic rings. The SMILES string of the molecule is CCNc1ccc(C(=O)NCC(F)(F)C(F)F)cn1. The summed E-state index contributed by atoms with van der Waals surface area (Å²) in [5.74, 6) is -4.60. The average molecular weight is 279 g/mol. The number of hydrogen-bond acceptors (Lipinski definition) is 3. The second-order valence-corrected chi connectivity index (χ2v) is 3.71. The van der Waals surface area contributed by atoms with E-state index >= 15 is 0 Å². The van der Waals surface area contributed by atoms with Gasteiger partial charge in [0.2, 0.25) is 0 Å². The lowest BCUT2D eigenvalue weighted by Crippen LogP contribution is -2.41. The number of rotatable bonds is 6. The molecule has 2 N–H and O–H groups in total. The van der Waals surface area contributed by atoms with Crippen molar-refractivity contribution >= 4 is 11.7 Å². The number of alkyl halides is 4. The standard InChI is InChI=1S/C11H13F4N3O/c1-2-16-8-4-3-7(5-17-8)9(19)18-6-11(14,15)10(12)13/h3-5,10H,2,6H2,1H3,(H,16,17)(H,18,19). The quantitative estimate of drug-likeness (QED) is 0.784. The van der Waals surface area contributed by atoms with E-state index in [-0.39, 0.29) is 5.56 Å². The Morgan fingerprint density at radius 1 is 1.42 bits per heavy atom. The van der Waals surface area contributed by atoms with Crippen LogP contribution in [0, 0.1) is 0 Å². The van der Waals surface area contributed by atoms with Crippen molar-refractivity contribution < 1.29 is 22.4 Å². The highest BCUT2D eigenvalue weighted by Crippen LogP contribution is 2.21. The number of anilines is 1. The minimum absolute atomic E-state index is 0.0201. The zero-order chi connectivity index (χ0) is 14.5. The molecule has 0 spiro atoms. The summed E-state index contributed by atoms with van der Waals surface area (Å²) in [5.41, 5.74) is 0.0201. The molecule has 4 nitrogen and oxygen atoms in total. The maximum absolute atomic E-state index is 12.6. The van der Waals surface area contributed by atoms with Crippen molar-refractivity contribution in [3.8, 4) is 0 Å². The summed E-state index contributed by atoms with van der Waals surface area (Å²) in [7, 11) is 0. The van der Waals surface area contributed by atoms with Crippen LogP contribution in [0.5, 0.6) is 0 Å². The zero-order valence-corrected chi connectivity index (χ0v) is 10.1. The van der Waals surface area contributed by atoms with E-state index in [2.05, 4.69) is 10.3 Å². The fourth-order valence-corrected chi connectivity index (χ4v) is 1.19. The van der Waals surface area contributed by atoms with Gasteiger partial charge in [0.15, 0.2) is 0 Å². The highest BCUT2D eigenvalue weighted by atomic mass is 19.3. The largest absolute Gasteiger partial charge is 0.370 e. The molecule has 0 unspecified atom stereocenters. The number of pyridine rings is 1. The highest BCUT2D eigenvalue weighted by molar-refractivity contribution is 5.94. The van der Waals surface area contributed by atoms with Crippen LogP contribution < -0.4 is 10.6 Å². The van der Waals surface area contributed by atoms with E-state index in [1.165, 1.54) is 18.3 Å². The smallest absolute Gasteiger partial charge is 0.324 e. The van der Waals surface area contributed by atoms with Gasteiger partial charge >= 0.3 is 12.3 Å². The van der Waals surface area contributed by atoms with Crippen molar-refractivity contribution in [1.29, 1.82) is 0 Å². The van der Waals surface area contributed by atoms with E-state index in [9.17, 15) is 22.4 Å². The number of halogens is 4. The molecule has 0 aliphatic carbocycles. The topological polar surface area (TPSA) is 54.0 Å². The molecule has 0 radical (unpaired) electrons. The fraction of sp³-hybridized carbons (Fsp3) is 0.455. The molecule has 0 fully saturated rings. The van der Waals surface area contributed by atoms with Gasteiger partial charge in [0.1, 0.15) is 5.82 Å². The number of carbonyl (C=O) groups is 1. The molecular formula is C11H13F4N3O. The molecule has 1 amide bonds. The van der Waals surface area contributed by atoms with Gasteiger partial charge < -0.3 is 10.6 Å². The van der Waals surface area contributed by atoms with Gasteiger partial charge in [0.25, 0.3) is 5.91 Å². The van der Waals surface area contributed by atoms with Crippen LogP contribution in [0.4, 0.5) is 23.4 Å². The zero-order valence-electron chi connectivity index (χ0n) is 10.1. The van der Waals surface area contributed by atoms with E-state index < -0.39 is 24.8 Å². The van der Waals surface area contributed by atoms with Crippen molar-refractivity contribution in [1.82, 2.24) is 10.3 Å². The minimum Gasteiger partial charge on any atom is -0.370 e. The summed E-state index contributed by atoms with van der Waals surface area (Å²) in [4.78, 5) is 15.3. The Labute approximate surface area is 107 Å². The number of amides is 1. The van der Waals surface area contributed by atoms with Gasteiger partial charge in [-0.2, -0.15) is 8.78 Å². The molecule has 0 bridgehead atoms. The first kappa shape index (κ1) is 15.2. The minimum atomic E-state index is -4.24. The third-order valence-corrected chi connectivity index (χ3v) is 2.19. The molecule has 19 heavy (non-hydrogen) atoms. The fourth-order valence-electron chi connectivity index (χ4n) is 1.19. The lowest BCUT2D eigenvalue weighted by atomic mass is 10.2. The van der Waals surface area contributed by atoms with Gasteiger partial charge in [0, 0.05) is 12.7 Å². The first-order valence-electron chi connectivity index (χ1n) is 5.51. The maximum Gasteiger partial charge on any atom is 0.324 e. The number of hydrogen-bond donors (Lipinski definition) is 2. The normalized spacial score (nSPS) is 11.5. The Bertz CT molecular complexity index is 422. The summed E-state index contributed by atoms with van der Waals surface area (Å²) in [6, 6.07) is 2.85. The van der Waals surface area contributed by atoms with Gasteiger partial charge in [-0.05, 0) is 19.1 Å². The molecule has 0 atom stereocenters. The second-order valence-electron chi connectivity index (χ2n) is 3.71. The summed E-state index contributed by atoms with van der Waals surface area (Å²) < 4.78 is 49.0. The average Bonchev–Trinajstić information content (AvgIpc) is 2.37. The molecule has 106 valence electrons. The maximum atomic E-state index is 12.6. The predicted octanol–water partition coefficient (Wildman–Crippen LogP) is 2.14. The van der Waals surface area contributed by atoms with Crippen LogP contribution in [0.15, 0.2) is 18.3 Å². The lowest BCUT2D eigenvalue weighted by Gasteiger charge is -2.15. The number of nitrogens with one attached hydrogen (secondary N) is 2. The summed E-state index contributed by atoms with van der Waals surface area (Å²) in [5, 5.41) is 4.63. The Morgan fingerprint density at radius 2 is 2.11 bits per heavy atom. The molecule has 0 saturated heterocycles. The van der Waals surface area contributed by atoms with Crippen molar-refractivity contribution in [2.45, 2.75) is 19.3 Å². The Kier molecular flexibility index (Phi) is 5.08. The van der Waals surface area contributed by atoms with Crippen LogP contribution in [-0.4, -0.2) is 36.3 Å². The van der Waals surface area contributed by atoms with Gasteiger partial charge in [-0.25, -0.2) is 13.8 Å². The first-order valence-corrected chi connectivity index (χ1v) is 5.51. The van der Waals surface area contributed by atoms with Gasteiger partial charge in [0.05, 0.1) is 12.1 Å². The first-order chi connectivity index (χ1) is 8.86. The van der Waals surface area contributed by atoms with E-state index in [0.717, 1.165) is 0 Å². The number of carbonyl (C=O) groups excluding carboxylic acids is 1. The summed E-state index contributed by atoms with van der Waals surface area (Å²) in [6.45, 7) is 1.08. The third kappa shape index (κ3) is 4.38. The number of aromatic nitrogens is 1.